The van der Waals surface area contributed by atoms with Gasteiger partial charge in [0.25, 0.3) is 0 Å². The summed E-state index contributed by atoms with van der Waals surface area (Å²) in [6, 6.07) is 61.9. The van der Waals surface area contributed by atoms with Gasteiger partial charge in [-0.15, -0.1) is 26.8 Å². The smallest absolute Gasteiger partial charge is 0.369 e. The number of nitrogens with zero attached hydrogens (tertiary/aromatic N) is 11. The fourth-order valence-corrected chi connectivity index (χ4v) is 15.6. The van der Waals surface area contributed by atoms with Gasteiger partial charge in [0.15, 0.2) is 0 Å². The van der Waals surface area contributed by atoms with E-state index in [0.717, 1.165) is 29.6 Å². The molecule has 6 heterocycles. The van der Waals surface area contributed by atoms with Crippen molar-refractivity contribution < 1.29 is 9.19 Å². The molecule has 0 N–H and O–H groups in total. The summed E-state index contributed by atoms with van der Waals surface area (Å²) in [5, 5.41) is 26.0. The van der Waals surface area contributed by atoms with E-state index >= 15 is 0 Å². The first-order valence-electron chi connectivity index (χ1n) is 38.0. The van der Waals surface area contributed by atoms with Crippen LogP contribution in [0.25, 0.3) is 11.3 Å². The zero-order valence-corrected chi connectivity index (χ0v) is 73.4. The number of pyridine rings is 1. The molecule has 0 atom stereocenters. The van der Waals surface area contributed by atoms with Crippen molar-refractivity contribution in [2.75, 3.05) is 65.6 Å². The highest BCUT2D eigenvalue weighted by atomic mass is 31.1. The van der Waals surface area contributed by atoms with Crippen molar-refractivity contribution in [3.63, 3.8) is 0 Å². The Bertz CT molecular complexity index is 3060. The van der Waals surface area contributed by atoms with Crippen LogP contribution in [-0.2, 0) is 0 Å². The summed E-state index contributed by atoms with van der Waals surface area (Å²) in [6.45, 7) is 65.1. The molecule has 562 valence electrons. The molecule has 17 heteroatoms. The Kier molecular flexibility index (Phi) is 76.4. The highest BCUT2D eigenvalue weighted by molar-refractivity contribution is 7.70. The van der Waals surface area contributed by atoms with Gasteiger partial charge in [-0.3, -0.25) is 14.2 Å². The fourth-order valence-electron chi connectivity index (χ4n) is 9.33. The van der Waals surface area contributed by atoms with Gasteiger partial charge in [0.05, 0.1) is 31.0 Å². The average Bonchev–Trinajstić information content (AvgIpc) is 1.45. The molecular weight excluding hydrogens is 1310 g/mol. The zero-order valence-electron chi connectivity index (χ0n) is 69.9. The molecule has 4 aromatic heterocycles. The Morgan fingerprint density at radius 3 is 0.921 bits per heavy atom. The zero-order chi connectivity index (χ0) is 78.3. The molecule has 11 rings (SSSR count). The topological polar surface area (TPSA) is 97.1 Å². The van der Waals surface area contributed by atoms with Crippen LogP contribution in [0.5, 0.6) is 0 Å². The van der Waals surface area contributed by atoms with E-state index in [9.17, 15) is 0 Å². The predicted molar refractivity (Wildman–Crippen MR) is 478 cm³/mol. The molecule has 0 fully saturated rings. The van der Waals surface area contributed by atoms with Crippen LogP contribution in [0, 0.1) is 0 Å². The number of hydrogen-bond acceptors (Lipinski definition) is 6. The minimum absolute atomic E-state index is 0.0674. The van der Waals surface area contributed by atoms with Crippen molar-refractivity contribution in [3.8, 4) is 11.3 Å². The van der Waals surface area contributed by atoms with Crippen molar-refractivity contribution in [3.05, 3.63) is 225 Å². The van der Waals surface area contributed by atoms with Gasteiger partial charge in [-0.1, -0.05) is 349 Å². The van der Waals surface area contributed by atoms with Crippen LogP contribution in [0.2, 0.25) is 0 Å². The standard InChI is InChI=1S/C18H17BN4.C15H15BN6.C11H9N.C10H16P2.C6H16P2.12C2H6/c1-3-9-17(10-4-1)19(22-15-7-13-20-22,23-16-8-14-21-23)18-11-5-2-6-12-18;1-2-7-15(8-3-1)16(20-12-4-9-17-20,21-13-5-10-18-21)22-14-6-11-19-22;1-2-6-10(7-3-1)11-8-4-5-9-12-11;1-11(2)9-7-5-6-8-10(9)12(3)4;1-7(2)5-6-8(3)4;12*1-2/h1-7,9-16H,8H2;1-5,7-14H,6H2;1-9H;5-8H,1-4H3;5-6H2,1-4H3;12*1-2H3. The Balaban J connectivity index is -0.000000268. The van der Waals surface area contributed by atoms with E-state index in [4.69, 9.17) is 0 Å². The van der Waals surface area contributed by atoms with Crippen molar-refractivity contribution in [2.45, 2.75) is 179 Å². The minimum atomic E-state index is -1.65. The highest BCUT2D eigenvalue weighted by Crippen LogP contribution is 2.32. The molecule has 0 bridgehead atoms. The number of hydrogen-bond donors (Lipinski definition) is 0. The van der Waals surface area contributed by atoms with E-state index in [-0.39, 0.29) is 15.8 Å². The largest absolute Gasteiger partial charge is 0.567 e. The maximum absolute atomic E-state index is 4.64. The lowest BCUT2D eigenvalue weighted by molar-refractivity contribution is -0.401. The summed E-state index contributed by atoms with van der Waals surface area (Å²) in [7, 11) is 0.901. The number of rotatable bonds is 14. The Labute approximate surface area is 627 Å². The van der Waals surface area contributed by atoms with Crippen molar-refractivity contribution >= 4 is 96.5 Å². The van der Waals surface area contributed by atoms with Gasteiger partial charge in [0.1, 0.15) is 12.4 Å². The molecule has 0 saturated carbocycles. The van der Waals surface area contributed by atoms with Crippen LogP contribution in [0.3, 0.4) is 0 Å². The maximum atomic E-state index is 4.64. The van der Waals surface area contributed by atoms with Gasteiger partial charge in [0.2, 0.25) is 0 Å². The van der Waals surface area contributed by atoms with E-state index in [0.29, 0.717) is 15.8 Å². The number of aromatic nitrogens is 7. The van der Waals surface area contributed by atoms with Crippen molar-refractivity contribution in [1.82, 2.24) is 34.1 Å². The summed E-state index contributed by atoms with van der Waals surface area (Å²) < 4.78 is 9.93. The van der Waals surface area contributed by atoms with E-state index in [1.807, 2.05) is 313 Å². The molecule has 11 nitrogen and oxygen atoms in total. The minimum Gasteiger partial charge on any atom is -0.369 e. The van der Waals surface area contributed by atoms with Crippen LogP contribution in [0.1, 0.15) is 179 Å². The summed E-state index contributed by atoms with van der Waals surface area (Å²) >= 11 is 0. The maximum Gasteiger partial charge on any atom is 0.567 e. The first-order chi connectivity index (χ1) is 49.6. The monoisotopic (exact) mass is 1450 g/mol. The summed E-state index contributed by atoms with van der Waals surface area (Å²) in [5.74, 6) is 0. The molecule has 101 heavy (non-hydrogen) atoms. The van der Waals surface area contributed by atoms with Crippen LogP contribution >= 0.6 is 31.7 Å². The van der Waals surface area contributed by atoms with Crippen molar-refractivity contribution in [1.29, 1.82) is 0 Å². The molecule has 5 aromatic carbocycles. The van der Waals surface area contributed by atoms with E-state index in [2.05, 4.69) is 198 Å². The third-order valence-corrected chi connectivity index (χ3v) is 18.5. The van der Waals surface area contributed by atoms with E-state index in [1.165, 1.54) is 23.2 Å². The van der Waals surface area contributed by atoms with Crippen LogP contribution < -0.4 is 27.0 Å². The van der Waals surface area contributed by atoms with Crippen LogP contribution in [0.15, 0.2) is 236 Å². The fraction of sp³-hybridized carbons (Fsp3) is 0.429. The molecule has 9 aromatic rings. The first kappa shape index (κ1) is 105. The molecule has 2 aliphatic heterocycles. The normalized spacial score (nSPS) is 10.4. The molecule has 0 radical (unpaired) electrons. The first-order valence-corrected chi connectivity index (χ1v) is 47.3. The van der Waals surface area contributed by atoms with Gasteiger partial charge in [-0.05, 0) is 125 Å². The molecular formula is C84H145B2N11P4. The summed E-state index contributed by atoms with van der Waals surface area (Å²) in [4.78, 5) is 4.25. The molecule has 0 spiro atoms. The van der Waals surface area contributed by atoms with Crippen LogP contribution in [-0.4, -0.2) is 147 Å². The average molecular weight is 1450 g/mol. The molecule has 0 amide bonds. The lowest BCUT2D eigenvalue weighted by atomic mass is 9.37. The second kappa shape index (κ2) is 73.2. The van der Waals surface area contributed by atoms with Gasteiger partial charge in [0, 0.05) is 30.4 Å². The number of hydrazone groups is 2. The van der Waals surface area contributed by atoms with Crippen molar-refractivity contribution in [2.24, 2.45) is 10.2 Å². The SMILES string of the molecule is C1=N[N+]([B-](c2ccccc2)(c2ccccc2)n2cccn2)=CC1.C1=N[N+]([B-](c2ccccc2)(n2cccn2)n2cccn2)=CC1.CC.CC.CC.CC.CC.CC.CC.CC.CC.CC.CC.CC.CP(C)CCP(C)C.CP(C)c1ccccc1P(C)C.c1ccc(-c2ccccn2)cc1. The quantitative estimate of drug-likeness (QED) is 0.0800. The lowest BCUT2D eigenvalue weighted by Gasteiger charge is -2.34. The Hall–Kier alpha value is -6.59. The van der Waals surface area contributed by atoms with E-state index < -0.39 is 13.0 Å². The van der Waals surface area contributed by atoms with Gasteiger partial charge in [-0.2, -0.15) is 0 Å². The third-order valence-electron chi connectivity index (χ3n) is 13.0. The second-order valence-corrected chi connectivity index (χ2v) is 29.1. The summed E-state index contributed by atoms with van der Waals surface area (Å²) in [5.41, 5.74) is 5.64. The predicted octanol–water partition coefficient (Wildman–Crippen LogP) is 22.2. The molecule has 0 unspecified atom stereocenters. The van der Waals surface area contributed by atoms with Gasteiger partial charge >= 0.3 is 13.0 Å². The lowest BCUT2D eigenvalue weighted by Crippen LogP contribution is -2.70. The van der Waals surface area contributed by atoms with Crippen LogP contribution in [0.4, 0.5) is 0 Å². The Morgan fingerprint density at radius 1 is 0.327 bits per heavy atom. The van der Waals surface area contributed by atoms with Gasteiger partial charge in [-0.25, -0.2) is 15.3 Å². The molecule has 0 aliphatic carbocycles. The highest BCUT2D eigenvalue weighted by Gasteiger charge is 2.50. The second-order valence-electron chi connectivity index (χ2n) is 19.4. The molecule has 2 aliphatic rings. The Morgan fingerprint density at radius 2 is 0.634 bits per heavy atom. The number of benzene rings is 5. The molecule has 0 saturated heterocycles. The summed E-state index contributed by atoms with van der Waals surface area (Å²) in [6.07, 6.45) is 24.2. The van der Waals surface area contributed by atoms with Gasteiger partial charge < -0.3 is 13.8 Å². The van der Waals surface area contributed by atoms with E-state index in [1.54, 1.807) is 23.0 Å². The third kappa shape index (κ3) is 37.4.